The monoisotopic (exact) mass is 493 g/mol. The normalized spacial score (nSPS) is 21.2. The van der Waals surface area contributed by atoms with Crippen molar-refractivity contribution in [2.24, 2.45) is 11.3 Å². The highest BCUT2D eigenvalue weighted by Gasteiger charge is 2.54. The smallest absolute Gasteiger partial charge is 0.223 e. The summed E-state index contributed by atoms with van der Waals surface area (Å²) in [7, 11) is -1.13. The summed E-state index contributed by atoms with van der Waals surface area (Å²) in [4.78, 5) is 22.4. The topological polar surface area (TPSA) is 76.0 Å². The largest absolute Gasteiger partial charge is 0.360 e. The number of nitrogens with zero attached hydrogens (tertiary/aromatic N) is 4. The Morgan fingerprint density at radius 1 is 1.34 bits per heavy atom. The minimum atomic E-state index is -1.13. The van der Waals surface area contributed by atoms with Crippen LogP contribution >= 0.6 is 0 Å². The minimum absolute atomic E-state index is 0.0418. The lowest BCUT2D eigenvalue weighted by molar-refractivity contribution is -0.116. The Balaban J connectivity index is 1.49. The molecule has 1 amide bonds. The van der Waals surface area contributed by atoms with Gasteiger partial charge in [-0.25, -0.2) is 9.67 Å². The molecule has 7 nitrogen and oxygen atoms in total. The lowest BCUT2D eigenvalue weighted by Crippen LogP contribution is -2.28. The van der Waals surface area contributed by atoms with Crippen molar-refractivity contribution in [2.45, 2.75) is 79.4 Å². The highest BCUT2D eigenvalue weighted by atomic mass is 28.3. The molecule has 1 fully saturated rings. The highest BCUT2D eigenvalue weighted by molar-refractivity contribution is 6.76. The number of carbonyl (C=O) groups excluding carboxylic acids is 1. The maximum atomic E-state index is 12.2. The van der Waals surface area contributed by atoms with E-state index in [-0.39, 0.29) is 5.91 Å². The molecule has 0 spiro atoms. The van der Waals surface area contributed by atoms with Crippen molar-refractivity contribution < 1.29 is 9.53 Å². The van der Waals surface area contributed by atoms with Crippen molar-refractivity contribution in [2.75, 3.05) is 18.1 Å². The maximum absolute atomic E-state index is 12.2. The average molecular weight is 494 g/mol. The van der Waals surface area contributed by atoms with Crippen LogP contribution in [0.5, 0.6) is 0 Å². The van der Waals surface area contributed by atoms with E-state index in [1.165, 1.54) is 17.7 Å². The molecule has 2 aromatic heterocycles. The van der Waals surface area contributed by atoms with E-state index in [1.54, 1.807) is 11.8 Å². The van der Waals surface area contributed by atoms with Gasteiger partial charge in [0.05, 0.1) is 11.0 Å². The first kappa shape index (κ1) is 24.3. The summed E-state index contributed by atoms with van der Waals surface area (Å²) in [5.41, 5.74) is 7.83. The van der Waals surface area contributed by atoms with Crippen LogP contribution in [0.1, 0.15) is 44.0 Å². The van der Waals surface area contributed by atoms with Gasteiger partial charge in [-0.2, -0.15) is 5.10 Å². The summed E-state index contributed by atoms with van der Waals surface area (Å²) in [5.74, 6) is 1.59. The molecule has 2 heterocycles. The third-order valence-corrected chi connectivity index (χ3v) is 9.65. The van der Waals surface area contributed by atoms with Crippen molar-refractivity contribution in [3.05, 3.63) is 29.0 Å². The van der Waals surface area contributed by atoms with Crippen LogP contribution in [0.4, 0.5) is 5.69 Å². The number of imidazole rings is 1. The van der Waals surface area contributed by atoms with Crippen LogP contribution in [0.25, 0.3) is 22.6 Å². The van der Waals surface area contributed by atoms with Gasteiger partial charge in [0, 0.05) is 45.1 Å². The van der Waals surface area contributed by atoms with Gasteiger partial charge in [-0.3, -0.25) is 4.79 Å². The van der Waals surface area contributed by atoms with E-state index < -0.39 is 8.07 Å². The van der Waals surface area contributed by atoms with E-state index in [1.807, 2.05) is 19.9 Å². The minimum Gasteiger partial charge on any atom is -0.360 e. The molecule has 2 atom stereocenters. The Kier molecular flexibility index (Phi) is 5.95. The molecule has 1 N–H and O–H groups in total. The molecular formula is C27H39N5O2Si. The first-order chi connectivity index (χ1) is 16.5. The van der Waals surface area contributed by atoms with Crippen LogP contribution < -0.4 is 4.90 Å². The molecule has 0 radical (unpaired) electrons. The molecular weight excluding hydrogens is 454 g/mol. The van der Waals surface area contributed by atoms with Crippen LogP contribution in [0.15, 0.2) is 12.1 Å². The molecule has 0 unspecified atom stereocenters. The van der Waals surface area contributed by atoms with Crippen LogP contribution in [-0.2, 0) is 29.1 Å². The number of H-pyrrole nitrogens is 1. The maximum Gasteiger partial charge on any atom is 0.223 e. The summed E-state index contributed by atoms with van der Waals surface area (Å²) in [6.07, 6.45) is 3.41. The van der Waals surface area contributed by atoms with Crippen LogP contribution in [0, 0.1) is 18.3 Å². The number of aromatic nitrogens is 4. The Morgan fingerprint density at radius 3 is 2.80 bits per heavy atom. The predicted molar refractivity (Wildman–Crippen MR) is 143 cm³/mol. The average Bonchev–Trinajstić information content (AvgIpc) is 3.07. The number of anilines is 1. The van der Waals surface area contributed by atoms with Gasteiger partial charge >= 0.3 is 0 Å². The van der Waals surface area contributed by atoms with Crippen molar-refractivity contribution in [3.63, 3.8) is 0 Å². The third kappa shape index (κ3) is 4.58. The molecule has 1 aromatic carbocycles. The molecule has 35 heavy (non-hydrogen) atoms. The number of rotatable bonds is 8. The number of benzene rings is 1. The Labute approximate surface area is 209 Å². The quantitative estimate of drug-likeness (QED) is 0.330. The zero-order chi connectivity index (χ0) is 25.1. The van der Waals surface area contributed by atoms with E-state index in [0.717, 1.165) is 65.2 Å². The molecule has 0 aliphatic heterocycles. The van der Waals surface area contributed by atoms with E-state index >= 15 is 0 Å². The zero-order valence-corrected chi connectivity index (χ0v) is 23.3. The lowest BCUT2D eigenvalue weighted by Gasteiger charge is -2.21. The second-order valence-electron chi connectivity index (χ2n) is 12.1. The molecule has 3 aromatic rings. The molecule has 8 heteroatoms. The van der Waals surface area contributed by atoms with Crippen molar-refractivity contribution >= 4 is 30.7 Å². The number of nitrogens with one attached hydrogen (secondary N) is 1. The van der Waals surface area contributed by atoms with Gasteiger partial charge < -0.3 is 14.6 Å². The van der Waals surface area contributed by atoms with Crippen LogP contribution in [0.3, 0.4) is 0 Å². The first-order valence-corrected chi connectivity index (χ1v) is 16.6. The number of hydrogen-bond donors (Lipinski definition) is 1. The summed E-state index contributed by atoms with van der Waals surface area (Å²) < 4.78 is 8.20. The van der Waals surface area contributed by atoms with Gasteiger partial charge in [0.1, 0.15) is 12.4 Å². The first-order valence-electron chi connectivity index (χ1n) is 12.9. The predicted octanol–water partition coefficient (Wildman–Crippen LogP) is 5.54. The fourth-order valence-electron chi connectivity index (χ4n) is 5.56. The van der Waals surface area contributed by atoms with E-state index in [0.29, 0.717) is 18.7 Å². The molecule has 2 aliphatic carbocycles. The second kappa shape index (κ2) is 8.59. The van der Waals surface area contributed by atoms with Gasteiger partial charge in [0.15, 0.2) is 5.82 Å². The Bertz CT molecular complexity index is 1290. The second-order valence-corrected chi connectivity index (χ2v) is 17.7. The Hall–Kier alpha value is -2.45. The number of hydrogen-bond acceptors (Lipinski definition) is 4. The van der Waals surface area contributed by atoms with E-state index in [2.05, 4.69) is 42.3 Å². The molecule has 5 rings (SSSR count). The summed E-state index contributed by atoms with van der Waals surface area (Å²) >= 11 is 0. The fraction of sp³-hybridized carbons (Fsp3) is 0.593. The third-order valence-electron chi connectivity index (χ3n) is 7.95. The summed E-state index contributed by atoms with van der Waals surface area (Å²) in [5, 5.41) is 5.05. The van der Waals surface area contributed by atoms with Crippen molar-refractivity contribution in [3.8, 4) is 11.5 Å². The van der Waals surface area contributed by atoms with Crippen molar-refractivity contribution in [1.29, 1.82) is 0 Å². The number of aryl methyl sites for hydroxylation is 1. The van der Waals surface area contributed by atoms with Gasteiger partial charge in [0.2, 0.25) is 5.91 Å². The van der Waals surface area contributed by atoms with E-state index in [9.17, 15) is 4.79 Å². The van der Waals surface area contributed by atoms with Crippen molar-refractivity contribution in [1.82, 2.24) is 19.7 Å². The highest BCUT2D eigenvalue weighted by Crippen LogP contribution is 2.60. The van der Waals surface area contributed by atoms with Gasteiger partial charge in [-0.15, -0.1) is 0 Å². The fourth-order valence-corrected chi connectivity index (χ4v) is 6.32. The Morgan fingerprint density at radius 2 is 2.11 bits per heavy atom. The van der Waals surface area contributed by atoms with E-state index in [4.69, 9.17) is 14.8 Å². The van der Waals surface area contributed by atoms with Gasteiger partial charge in [-0.1, -0.05) is 26.6 Å². The van der Waals surface area contributed by atoms with Gasteiger partial charge in [-0.05, 0) is 68.2 Å². The molecule has 2 aliphatic rings. The number of aromatic amines is 1. The van der Waals surface area contributed by atoms with Gasteiger partial charge in [0.25, 0.3) is 0 Å². The molecule has 188 valence electrons. The zero-order valence-electron chi connectivity index (χ0n) is 22.3. The summed E-state index contributed by atoms with van der Waals surface area (Å²) in [6.45, 7) is 17.1. The number of ether oxygens (including phenoxy) is 1. The standard InChI is InChI=1S/C27H39N5O2Si/c1-8-31(18(3)33)23-13-22-21(11-17(23)2)28-26(29-22)25-20-12-19-14-27(19,4)15-24(20)32(30-25)16-34-9-10-35(5,6)7/h11,13,19H,8-10,12,14-16H2,1-7H3,(H,28,29)/t19-,27-/m1/s1. The lowest BCUT2D eigenvalue weighted by atomic mass is 9.87. The number of carbonyl (C=O) groups is 1. The molecule has 0 saturated heterocycles. The molecule has 1 saturated carbocycles. The van der Waals surface area contributed by atoms with Crippen LogP contribution in [-0.4, -0.2) is 46.9 Å². The SMILES string of the molecule is CCN(C(C)=O)c1cc2nc(-c3nn(COCC[Si](C)(C)C)c4c3C[C@@H]3C[C@]3(C)C4)[nH]c2cc1C. The molecule has 0 bridgehead atoms. The van der Waals surface area contributed by atoms with Crippen LogP contribution in [0.2, 0.25) is 25.7 Å². The summed E-state index contributed by atoms with van der Waals surface area (Å²) in [6, 6.07) is 5.27. The number of fused-ring (bicyclic) bond motifs is 3. The number of amides is 1.